The first-order valence-corrected chi connectivity index (χ1v) is 7.08. The smallest absolute Gasteiger partial charge is 0.352 e. The van der Waals surface area contributed by atoms with Gasteiger partial charge in [0.1, 0.15) is 0 Å². The van der Waals surface area contributed by atoms with Gasteiger partial charge in [-0.15, -0.1) is 0 Å². The van der Waals surface area contributed by atoms with Crippen LogP contribution in [0.2, 0.25) is 6.04 Å². The molecule has 0 aromatic heterocycles. The average Bonchev–Trinajstić information content (AvgIpc) is 2.12. The second-order valence-electron chi connectivity index (χ2n) is 3.66. The van der Waals surface area contributed by atoms with Crippen molar-refractivity contribution in [2.45, 2.75) is 25.8 Å². The molecule has 0 aliphatic rings. The van der Waals surface area contributed by atoms with Crippen LogP contribution in [0.15, 0.2) is 0 Å². The van der Waals surface area contributed by atoms with Crippen molar-refractivity contribution in [3.63, 3.8) is 0 Å². The van der Waals surface area contributed by atoms with E-state index in [0.717, 1.165) is 12.2 Å². The number of hydrogen-bond acceptors (Lipinski definition) is 3. The third-order valence-electron chi connectivity index (χ3n) is 2.21. The fraction of sp³-hybridized carbons (Fsp3) is 1.00. The molecule has 0 heterocycles. The molecule has 0 amide bonds. The lowest BCUT2D eigenvalue weighted by Crippen LogP contribution is -2.49. The van der Waals surface area contributed by atoms with Crippen LogP contribution in [0.25, 0.3) is 0 Å². The summed E-state index contributed by atoms with van der Waals surface area (Å²) in [5.74, 6) is 0. The first-order valence-electron chi connectivity index (χ1n) is 4.85. The fourth-order valence-electron chi connectivity index (χ4n) is 1.42. The molecule has 0 bridgehead atoms. The van der Waals surface area contributed by atoms with Crippen LogP contribution >= 0.6 is 0 Å². The summed E-state index contributed by atoms with van der Waals surface area (Å²) in [6, 6.07) is 1.09. The highest BCUT2D eigenvalue weighted by molar-refractivity contribution is 6.67. The van der Waals surface area contributed by atoms with E-state index >= 15 is 0 Å². The van der Waals surface area contributed by atoms with E-state index < -0.39 is 8.56 Å². The normalized spacial score (nSPS) is 12.5. The fourth-order valence-corrected chi connectivity index (χ4v) is 4.27. The first-order chi connectivity index (χ1) is 6.10. The van der Waals surface area contributed by atoms with Crippen molar-refractivity contribution in [1.82, 2.24) is 4.90 Å². The van der Waals surface area contributed by atoms with E-state index in [1.54, 1.807) is 14.2 Å². The molecule has 80 valence electrons. The van der Waals surface area contributed by atoms with E-state index in [1.165, 1.54) is 12.8 Å². The van der Waals surface area contributed by atoms with Crippen LogP contribution in [0.5, 0.6) is 0 Å². The van der Waals surface area contributed by atoms with Crippen LogP contribution in [-0.4, -0.2) is 47.9 Å². The van der Waals surface area contributed by atoms with Crippen LogP contribution < -0.4 is 0 Å². The summed E-state index contributed by atoms with van der Waals surface area (Å²) < 4.78 is 11.2. The van der Waals surface area contributed by atoms with E-state index in [1.807, 2.05) is 0 Å². The van der Waals surface area contributed by atoms with Crippen LogP contribution in [-0.2, 0) is 8.85 Å². The van der Waals surface area contributed by atoms with Gasteiger partial charge < -0.3 is 13.8 Å². The van der Waals surface area contributed by atoms with E-state index in [4.69, 9.17) is 8.85 Å². The van der Waals surface area contributed by atoms with Crippen molar-refractivity contribution in [2.75, 3.05) is 34.5 Å². The molecular weight excluding hydrogens is 182 g/mol. The molecule has 3 nitrogen and oxygen atoms in total. The molecule has 0 saturated carbocycles. The summed E-state index contributed by atoms with van der Waals surface area (Å²) in [5, 5.41) is 0. The van der Waals surface area contributed by atoms with Gasteiger partial charge in [-0.2, -0.15) is 0 Å². The van der Waals surface area contributed by atoms with Gasteiger partial charge in [-0.25, -0.2) is 0 Å². The summed E-state index contributed by atoms with van der Waals surface area (Å²) in [7, 11) is 5.77. The maximum atomic E-state index is 5.58. The molecule has 0 N–H and O–H groups in total. The monoisotopic (exact) mass is 205 g/mol. The van der Waals surface area contributed by atoms with Gasteiger partial charge in [0.25, 0.3) is 0 Å². The van der Waals surface area contributed by atoms with E-state index in [-0.39, 0.29) is 0 Å². The van der Waals surface area contributed by atoms with Crippen LogP contribution in [0.4, 0.5) is 0 Å². The van der Waals surface area contributed by atoms with Crippen molar-refractivity contribution >= 4 is 8.56 Å². The Morgan fingerprint density at radius 2 is 1.69 bits per heavy atom. The van der Waals surface area contributed by atoms with Gasteiger partial charge in [0.2, 0.25) is 0 Å². The van der Waals surface area contributed by atoms with Crippen molar-refractivity contribution < 1.29 is 8.85 Å². The minimum absolute atomic E-state index is 0.944. The lowest BCUT2D eigenvalue weighted by atomic mass is 10.4. The standard InChI is InChI=1S/C9H23NO2Si/c1-6-7-8-13(11-4,12-5)9-10(2)3/h6-9H2,1-5H3. The van der Waals surface area contributed by atoms with Gasteiger partial charge in [-0.05, 0) is 20.1 Å². The Bertz CT molecular complexity index is 127. The van der Waals surface area contributed by atoms with Crippen LogP contribution in [0.3, 0.4) is 0 Å². The maximum absolute atomic E-state index is 5.58. The second-order valence-corrected chi connectivity index (χ2v) is 7.11. The van der Waals surface area contributed by atoms with Gasteiger partial charge in [0.15, 0.2) is 0 Å². The van der Waals surface area contributed by atoms with Crippen molar-refractivity contribution in [2.24, 2.45) is 0 Å². The summed E-state index contributed by atoms with van der Waals surface area (Å²) >= 11 is 0. The Labute approximate surface area is 83.3 Å². The molecular formula is C9H23NO2Si. The number of hydrogen-bond donors (Lipinski definition) is 0. The zero-order chi connectivity index (χ0) is 10.3. The number of rotatable bonds is 7. The molecule has 0 saturated heterocycles. The van der Waals surface area contributed by atoms with Gasteiger partial charge in [-0.3, -0.25) is 0 Å². The van der Waals surface area contributed by atoms with Crippen LogP contribution in [0, 0.1) is 0 Å². The molecule has 0 aliphatic carbocycles. The Balaban J connectivity index is 4.13. The minimum Gasteiger partial charge on any atom is -0.397 e. The zero-order valence-corrected chi connectivity index (χ0v) is 10.6. The summed E-state index contributed by atoms with van der Waals surface area (Å²) in [5.41, 5.74) is 0. The van der Waals surface area contributed by atoms with Gasteiger partial charge in [0, 0.05) is 20.4 Å². The number of nitrogens with zero attached hydrogens (tertiary/aromatic N) is 1. The van der Waals surface area contributed by atoms with E-state index in [9.17, 15) is 0 Å². The highest BCUT2D eigenvalue weighted by atomic mass is 28.4. The average molecular weight is 205 g/mol. The predicted octanol–water partition coefficient (Wildman–Crippen LogP) is 1.62. The molecule has 0 atom stereocenters. The first kappa shape index (κ1) is 13.1. The molecule has 13 heavy (non-hydrogen) atoms. The Hall–Kier alpha value is 0.0969. The van der Waals surface area contributed by atoms with E-state index in [0.29, 0.717) is 0 Å². The van der Waals surface area contributed by atoms with Crippen molar-refractivity contribution in [1.29, 1.82) is 0 Å². The Morgan fingerprint density at radius 3 is 2.00 bits per heavy atom. The van der Waals surface area contributed by atoms with Gasteiger partial charge >= 0.3 is 8.56 Å². The molecule has 0 spiro atoms. The Morgan fingerprint density at radius 1 is 1.15 bits per heavy atom. The summed E-state index contributed by atoms with van der Waals surface area (Å²) in [4.78, 5) is 2.15. The molecule has 4 heteroatoms. The minimum atomic E-state index is -1.90. The highest BCUT2D eigenvalue weighted by Crippen LogP contribution is 2.16. The highest BCUT2D eigenvalue weighted by Gasteiger charge is 2.35. The zero-order valence-electron chi connectivity index (χ0n) is 9.59. The third kappa shape index (κ3) is 4.76. The lowest BCUT2D eigenvalue weighted by molar-refractivity contribution is 0.221. The Kier molecular flexibility index (Phi) is 6.58. The predicted molar refractivity (Wildman–Crippen MR) is 58.0 cm³/mol. The number of unbranched alkanes of at least 4 members (excludes halogenated alkanes) is 1. The molecule has 0 radical (unpaired) electrons. The van der Waals surface area contributed by atoms with Gasteiger partial charge in [0.05, 0.1) is 0 Å². The van der Waals surface area contributed by atoms with Crippen LogP contribution in [0.1, 0.15) is 19.8 Å². The summed E-state index contributed by atoms with van der Waals surface area (Å²) in [6.07, 6.45) is 3.34. The van der Waals surface area contributed by atoms with Crippen molar-refractivity contribution in [3.8, 4) is 0 Å². The molecule has 0 rings (SSSR count). The largest absolute Gasteiger partial charge is 0.397 e. The third-order valence-corrected chi connectivity index (χ3v) is 5.93. The lowest BCUT2D eigenvalue weighted by Gasteiger charge is -2.29. The van der Waals surface area contributed by atoms with Crippen molar-refractivity contribution in [3.05, 3.63) is 0 Å². The molecule has 0 aromatic carbocycles. The molecule has 0 aromatic rings. The molecule has 0 aliphatic heterocycles. The summed E-state index contributed by atoms with van der Waals surface area (Å²) in [6.45, 7) is 2.19. The SMILES string of the molecule is CCCC[Si](CN(C)C)(OC)OC. The van der Waals surface area contributed by atoms with Gasteiger partial charge in [-0.1, -0.05) is 19.8 Å². The molecule has 0 fully saturated rings. The van der Waals surface area contributed by atoms with E-state index in [2.05, 4.69) is 25.9 Å². The maximum Gasteiger partial charge on any atom is 0.352 e. The molecule has 0 unspecified atom stereocenters. The quantitative estimate of drug-likeness (QED) is 0.590. The topological polar surface area (TPSA) is 21.7 Å². The second kappa shape index (κ2) is 6.54.